The molecule has 0 aliphatic carbocycles. The molecule has 0 saturated carbocycles. The summed E-state index contributed by atoms with van der Waals surface area (Å²) in [7, 11) is 0. The van der Waals surface area contributed by atoms with Gasteiger partial charge in [-0.3, -0.25) is 0 Å². The molecule has 2 aliphatic heterocycles. The first-order valence-corrected chi connectivity index (χ1v) is 9.69. The van der Waals surface area contributed by atoms with Crippen LogP contribution >= 0.6 is 11.6 Å². The minimum atomic E-state index is 0.141. The van der Waals surface area contributed by atoms with Gasteiger partial charge in [-0.1, -0.05) is 18.5 Å². The summed E-state index contributed by atoms with van der Waals surface area (Å²) >= 11 is 6.50. The van der Waals surface area contributed by atoms with Crippen LogP contribution in [0.3, 0.4) is 0 Å². The molecule has 2 unspecified atom stereocenters. The van der Waals surface area contributed by atoms with Crippen molar-refractivity contribution in [1.29, 1.82) is 0 Å². The minimum absolute atomic E-state index is 0.141. The fraction of sp³-hybridized carbons (Fsp3) is 0.632. The van der Waals surface area contributed by atoms with Crippen molar-refractivity contribution in [3.8, 4) is 11.5 Å². The van der Waals surface area contributed by atoms with Crippen molar-refractivity contribution >= 4 is 17.3 Å². The van der Waals surface area contributed by atoms with E-state index in [1.807, 2.05) is 19.9 Å². The number of benzene rings is 1. The largest absolute Gasteiger partial charge is 0.490 e. The quantitative estimate of drug-likeness (QED) is 0.796. The molecule has 0 bridgehead atoms. The Bertz CT molecular complexity index is 635. The van der Waals surface area contributed by atoms with Crippen molar-refractivity contribution in [2.45, 2.75) is 39.7 Å². The molecule has 2 aliphatic rings. The summed E-state index contributed by atoms with van der Waals surface area (Å²) in [6.07, 6.45) is 2.22. The second kappa shape index (κ2) is 8.28. The van der Waals surface area contributed by atoms with Crippen molar-refractivity contribution in [3.05, 3.63) is 22.7 Å². The normalized spacial score (nSPS) is 23.0. The lowest BCUT2D eigenvalue weighted by atomic mass is 9.86. The first-order valence-electron chi connectivity index (χ1n) is 9.31. The molecule has 0 aromatic heterocycles. The van der Waals surface area contributed by atoms with Gasteiger partial charge in [-0.25, -0.2) is 0 Å². The Hall–Kier alpha value is -1.46. The zero-order valence-corrected chi connectivity index (χ0v) is 16.1. The van der Waals surface area contributed by atoms with Crippen LogP contribution in [0.4, 0.5) is 0 Å². The maximum absolute atomic E-state index is 6.50. The summed E-state index contributed by atoms with van der Waals surface area (Å²) < 4.78 is 11.5. The third-order valence-corrected chi connectivity index (χ3v) is 5.12. The molecule has 1 saturated heterocycles. The first-order chi connectivity index (χ1) is 12.2. The lowest BCUT2D eigenvalue weighted by molar-refractivity contribution is 0.228. The Morgan fingerprint density at radius 2 is 2.04 bits per heavy atom. The maximum Gasteiger partial charge on any atom is 0.179 e. The first kappa shape index (κ1) is 18.3. The molecular weight excluding hydrogens is 338 g/mol. The fourth-order valence-corrected chi connectivity index (χ4v) is 4.03. The molecule has 2 heterocycles. The highest BCUT2D eigenvalue weighted by atomic mass is 35.5. The molecule has 0 spiro atoms. The number of piperidine rings is 1. The van der Waals surface area contributed by atoms with E-state index in [2.05, 4.69) is 28.4 Å². The van der Waals surface area contributed by atoms with Gasteiger partial charge in [0.1, 0.15) is 0 Å². The van der Waals surface area contributed by atoms with Gasteiger partial charge in [-0.2, -0.15) is 5.10 Å². The lowest BCUT2D eigenvalue weighted by Crippen LogP contribution is -2.42. The summed E-state index contributed by atoms with van der Waals surface area (Å²) in [5.74, 6) is 1.73. The predicted molar refractivity (Wildman–Crippen MR) is 102 cm³/mol. The van der Waals surface area contributed by atoms with Crippen LogP contribution in [-0.4, -0.2) is 43.5 Å². The molecule has 1 N–H and O–H groups in total. The Balaban J connectivity index is 1.86. The van der Waals surface area contributed by atoms with Crippen molar-refractivity contribution in [2.24, 2.45) is 11.0 Å². The van der Waals surface area contributed by atoms with Gasteiger partial charge >= 0.3 is 0 Å². The maximum atomic E-state index is 6.50. The van der Waals surface area contributed by atoms with Crippen molar-refractivity contribution in [1.82, 2.24) is 10.3 Å². The smallest absolute Gasteiger partial charge is 0.179 e. The number of ether oxygens (including phenoxy) is 2. The van der Waals surface area contributed by atoms with Gasteiger partial charge in [-0.15, -0.1) is 0 Å². The average molecular weight is 366 g/mol. The van der Waals surface area contributed by atoms with Gasteiger partial charge in [-0.05, 0) is 44.5 Å². The summed E-state index contributed by atoms with van der Waals surface area (Å²) in [6, 6.07) is 4.18. The minimum Gasteiger partial charge on any atom is -0.490 e. The molecule has 1 fully saturated rings. The third-order valence-electron chi connectivity index (χ3n) is 4.84. The number of nitrogens with one attached hydrogen (secondary N) is 1. The van der Waals surface area contributed by atoms with E-state index >= 15 is 0 Å². The molecule has 3 rings (SSSR count). The molecule has 2 atom stereocenters. The summed E-state index contributed by atoms with van der Waals surface area (Å²) in [6.45, 7) is 10.6. The van der Waals surface area contributed by atoms with E-state index in [-0.39, 0.29) is 6.04 Å². The van der Waals surface area contributed by atoms with Crippen LogP contribution in [0, 0.1) is 5.92 Å². The predicted octanol–water partition coefficient (Wildman–Crippen LogP) is 3.87. The van der Waals surface area contributed by atoms with Crippen LogP contribution < -0.4 is 14.9 Å². The highest BCUT2D eigenvalue weighted by molar-refractivity contribution is 6.32. The van der Waals surface area contributed by atoms with Crippen LogP contribution in [-0.2, 0) is 0 Å². The molecule has 0 radical (unpaired) electrons. The van der Waals surface area contributed by atoms with Crippen molar-refractivity contribution < 1.29 is 9.47 Å². The van der Waals surface area contributed by atoms with E-state index < -0.39 is 0 Å². The molecule has 138 valence electrons. The number of hydrogen-bond acceptors (Lipinski definition) is 5. The molecule has 1 aromatic rings. The zero-order valence-electron chi connectivity index (χ0n) is 15.3. The fourth-order valence-electron chi connectivity index (χ4n) is 3.75. The molecule has 5 nitrogen and oxygen atoms in total. The number of fused-ring (bicyclic) bond motifs is 1. The molecule has 6 heteroatoms. The van der Waals surface area contributed by atoms with Gasteiger partial charge in [0, 0.05) is 31.1 Å². The highest BCUT2D eigenvalue weighted by Crippen LogP contribution is 2.41. The van der Waals surface area contributed by atoms with Gasteiger partial charge in [0.05, 0.1) is 24.3 Å². The van der Waals surface area contributed by atoms with Crippen LogP contribution in [0.5, 0.6) is 11.5 Å². The number of halogens is 1. The van der Waals surface area contributed by atoms with Gasteiger partial charge in [0.25, 0.3) is 0 Å². The summed E-state index contributed by atoms with van der Waals surface area (Å²) in [4.78, 5) is 2.53. The molecule has 25 heavy (non-hydrogen) atoms. The van der Waals surface area contributed by atoms with Crippen LogP contribution in [0.1, 0.15) is 45.2 Å². The molecular formula is C19H28ClN3O2. The number of hydrazone groups is 1. The summed E-state index contributed by atoms with van der Waals surface area (Å²) in [5, 5.41) is 5.20. The van der Waals surface area contributed by atoms with E-state index in [0.717, 1.165) is 31.6 Å². The van der Waals surface area contributed by atoms with Gasteiger partial charge in [0.15, 0.2) is 11.5 Å². The number of hydrogen-bond donors (Lipinski definition) is 1. The number of nitrogens with zero attached hydrogens (tertiary/aromatic N) is 2. The Kier molecular flexibility index (Phi) is 6.07. The van der Waals surface area contributed by atoms with Crippen molar-refractivity contribution in [2.75, 3.05) is 32.8 Å². The second-order valence-electron chi connectivity index (χ2n) is 6.56. The standard InChI is InChI=1S/C19H28ClN3O2/c1-4-8-23-9-7-16-14(12-23)18(22-21-16)13-10-15(20)19(25-6-3)17(11-13)24-5-2/h10-11,14,18,22H,4-9,12H2,1-3H3. The molecule has 0 amide bonds. The van der Waals surface area contributed by atoms with Crippen molar-refractivity contribution in [3.63, 3.8) is 0 Å². The van der Waals surface area contributed by atoms with Gasteiger partial charge in [0.2, 0.25) is 0 Å². The van der Waals surface area contributed by atoms with Crippen LogP contribution in [0.25, 0.3) is 0 Å². The van der Waals surface area contributed by atoms with E-state index in [9.17, 15) is 0 Å². The monoisotopic (exact) mass is 365 g/mol. The highest BCUT2D eigenvalue weighted by Gasteiger charge is 2.37. The zero-order chi connectivity index (χ0) is 17.8. The topological polar surface area (TPSA) is 46.1 Å². The number of rotatable bonds is 7. The SMILES string of the molecule is CCCN1CCC2=NNC(c3cc(Cl)c(OCC)c(OCC)c3)C2C1. The Morgan fingerprint density at radius 1 is 1.24 bits per heavy atom. The Morgan fingerprint density at radius 3 is 2.76 bits per heavy atom. The van der Waals surface area contributed by atoms with Gasteiger partial charge < -0.3 is 19.8 Å². The number of likely N-dealkylation sites (tertiary alicyclic amines) is 1. The van der Waals surface area contributed by atoms with Crippen LogP contribution in [0.2, 0.25) is 5.02 Å². The average Bonchev–Trinajstić information content (AvgIpc) is 3.01. The molecule has 1 aromatic carbocycles. The van der Waals surface area contributed by atoms with E-state index in [1.165, 1.54) is 12.1 Å². The Labute approximate surface area is 155 Å². The van der Waals surface area contributed by atoms with Crippen LogP contribution in [0.15, 0.2) is 17.2 Å². The van der Waals surface area contributed by atoms with E-state index in [4.69, 9.17) is 21.1 Å². The second-order valence-corrected chi connectivity index (χ2v) is 6.97. The lowest BCUT2D eigenvalue weighted by Gasteiger charge is -2.33. The third kappa shape index (κ3) is 3.87. The van der Waals surface area contributed by atoms with E-state index in [1.54, 1.807) is 0 Å². The van der Waals surface area contributed by atoms with E-state index in [0.29, 0.717) is 35.7 Å². The summed E-state index contributed by atoms with van der Waals surface area (Å²) in [5.41, 5.74) is 5.72.